The van der Waals surface area contributed by atoms with Crippen molar-refractivity contribution in [2.75, 3.05) is 0 Å². The molecule has 0 spiro atoms. The molecular weight excluding hydrogens is 358 g/mol. The maximum atomic E-state index is 12.5. The van der Waals surface area contributed by atoms with Gasteiger partial charge in [-0.05, 0) is 43.3 Å². The molecule has 3 rings (SSSR count). The Bertz CT molecular complexity index is 943. The van der Waals surface area contributed by atoms with Gasteiger partial charge in [0.25, 0.3) is 11.8 Å². The van der Waals surface area contributed by atoms with Crippen LogP contribution in [0.3, 0.4) is 0 Å². The van der Waals surface area contributed by atoms with Crippen molar-refractivity contribution in [2.45, 2.75) is 25.1 Å². The summed E-state index contributed by atoms with van der Waals surface area (Å²) in [5.41, 5.74) is 1.98. The van der Waals surface area contributed by atoms with Gasteiger partial charge in [0.1, 0.15) is 6.04 Å². The molecule has 0 bridgehead atoms. The van der Waals surface area contributed by atoms with E-state index in [0.717, 1.165) is 11.1 Å². The lowest BCUT2D eigenvalue weighted by atomic mass is 10.0. The van der Waals surface area contributed by atoms with Crippen molar-refractivity contribution >= 4 is 17.8 Å². The van der Waals surface area contributed by atoms with Crippen molar-refractivity contribution in [1.82, 2.24) is 16.0 Å². The highest BCUT2D eigenvalue weighted by Crippen LogP contribution is 2.09. The van der Waals surface area contributed by atoms with Gasteiger partial charge in [-0.25, -0.2) is 4.79 Å². The minimum Gasteiger partial charge on any atom is -0.391 e. The van der Waals surface area contributed by atoms with Crippen LogP contribution in [0.15, 0.2) is 54.6 Å². The van der Waals surface area contributed by atoms with Crippen LogP contribution in [0.25, 0.3) is 0 Å². The van der Waals surface area contributed by atoms with Gasteiger partial charge in [-0.15, -0.1) is 0 Å². The second-order valence-corrected chi connectivity index (χ2v) is 6.37. The first-order chi connectivity index (χ1) is 13.4. The number of rotatable bonds is 4. The lowest BCUT2D eigenvalue weighted by Gasteiger charge is -2.25. The minimum absolute atomic E-state index is 0.348. The summed E-state index contributed by atoms with van der Waals surface area (Å²) in [6, 6.07) is 13.5. The maximum Gasteiger partial charge on any atom is 0.322 e. The molecule has 7 heteroatoms. The molecule has 3 atom stereocenters. The largest absolute Gasteiger partial charge is 0.391 e. The van der Waals surface area contributed by atoms with Crippen LogP contribution in [0, 0.1) is 11.8 Å². The first-order valence-corrected chi connectivity index (χ1v) is 8.71. The number of hydrogen-bond acceptors (Lipinski definition) is 4. The van der Waals surface area contributed by atoms with E-state index in [4.69, 9.17) is 0 Å². The van der Waals surface area contributed by atoms with E-state index in [1.165, 1.54) is 6.92 Å². The lowest BCUT2D eigenvalue weighted by molar-refractivity contribution is -0.121. The third kappa shape index (κ3) is 4.55. The zero-order valence-electron chi connectivity index (χ0n) is 15.1. The number of benzene rings is 2. The van der Waals surface area contributed by atoms with Crippen LogP contribution in [0.4, 0.5) is 4.79 Å². The third-order valence-corrected chi connectivity index (χ3v) is 4.25. The summed E-state index contributed by atoms with van der Waals surface area (Å²) in [6.45, 7) is 1.44. The normalized spacial score (nSPS) is 17.6. The fourth-order valence-electron chi connectivity index (χ4n) is 2.77. The number of hydrogen-bond donors (Lipinski definition) is 4. The van der Waals surface area contributed by atoms with Crippen LogP contribution in [0.1, 0.15) is 28.4 Å². The summed E-state index contributed by atoms with van der Waals surface area (Å²) in [7, 11) is 0. The van der Waals surface area contributed by atoms with Gasteiger partial charge in [-0.1, -0.05) is 30.0 Å². The Kier molecular flexibility index (Phi) is 5.72. The zero-order chi connectivity index (χ0) is 20.1. The summed E-state index contributed by atoms with van der Waals surface area (Å²) >= 11 is 0. The summed E-state index contributed by atoms with van der Waals surface area (Å²) in [5, 5.41) is 17.0. The average Bonchev–Trinajstić information content (AvgIpc) is 3.03. The quantitative estimate of drug-likeness (QED) is 0.466. The van der Waals surface area contributed by atoms with E-state index in [9.17, 15) is 19.5 Å². The summed E-state index contributed by atoms with van der Waals surface area (Å²) < 4.78 is 0. The lowest BCUT2D eigenvalue weighted by Crippen LogP contribution is -2.56. The van der Waals surface area contributed by atoms with Crippen LogP contribution in [0.2, 0.25) is 0 Å². The molecule has 1 unspecified atom stereocenters. The van der Waals surface area contributed by atoms with E-state index in [1.54, 1.807) is 24.3 Å². The molecule has 0 aliphatic carbocycles. The summed E-state index contributed by atoms with van der Waals surface area (Å²) in [4.78, 5) is 35.6. The topological polar surface area (TPSA) is 108 Å². The van der Waals surface area contributed by atoms with Crippen molar-refractivity contribution < 1.29 is 19.5 Å². The fourth-order valence-corrected chi connectivity index (χ4v) is 2.77. The molecule has 4 amide bonds. The number of carbonyl (C=O) groups is 3. The molecule has 2 aromatic rings. The second kappa shape index (κ2) is 8.37. The summed E-state index contributed by atoms with van der Waals surface area (Å²) in [5.74, 6) is 4.99. The number of carbonyl (C=O) groups excluding carboxylic acids is 3. The van der Waals surface area contributed by atoms with Crippen LogP contribution >= 0.6 is 0 Å². The number of nitrogens with one attached hydrogen (secondary N) is 3. The van der Waals surface area contributed by atoms with Crippen molar-refractivity contribution in [3.63, 3.8) is 0 Å². The molecule has 7 nitrogen and oxygen atoms in total. The third-order valence-electron chi connectivity index (χ3n) is 4.25. The molecule has 1 heterocycles. The van der Waals surface area contributed by atoms with Crippen LogP contribution < -0.4 is 16.0 Å². The Hall–Kier alpha value is -3.63. The first kappa shape index (κ1) is 19.1. The zero-order valence-corrected chi connectivity index (χ0v) is 15.1. The highest BCUT2D eigenvalue weighted by atomic mass is 16.3. The molecular formula is C21H19N3O4. The van der Waals surface area contributed by atoms with Crippen LogP contribution in [-0.4, -0.2) is 41.1 Å². The van der Waals surface area contributed by atoms with Crippen LogP contribution in [-0.2, 0) is 4.79 Å². The van der Waals surface area contributed by atoms with Gasteiger partial charge < -0.3 is 15.7 Å². The standard InChI is InChI=1S/C21H19N3O4/c1-13(25)17(18-20(27)24-21(28)23-18)22-19(26)16-11-9-15(10-12-16)8-7-14-5-3-2-4-6-14/h2-6,9-13,17-18,25H,1H3,(H,22,26)(H2,23,24,27,28)/t13-,17+,18?/m0/s1. The average molecular weight is 377 g/mol. The first-order valence-electron chi connectivity index (χ1n) is 8.71. The highest BCUT2D eigenvalue weighted by Gasteiger charge is 2.39. The molecule has 1 fully saturated rings. The number of imide groups is 1. The van der Waals surface area contributed by atoms with Gasteiger partial charge in [0, 0.05) is 16.7 Å². The van der Waals surface area contributed by atoms with E-state index in [-0.39, 0.29) is 0 Å². The number of urea groups is 1. The SMILES string of the molecule is C[C@H](O)[C@@H](NC(=O)c1ccc(C#Cc2ccccc2)cc1)C1NC(=O)NC1=O. The van der Waals surface area contributed by atoms with E-state index >= 15 is 0 Å². The Morgan fingerprint density at radius 2 is 1.64 bits per heavy atom. The Morgan fingerprint density at radius 3 is 2.18 bits per heavy atom. The Balaban J connectivity index is 1.69. The van der Waals surface area contributed by atoms with Gasteiger partial charge in [0.05, 0.1) is 12.1 Å². The molecule has 1 aliphatic heterocycles. The minimum atomic E-state index is -1.05. The number of amides is 4. The molecule has 4 N–H and O–H groups in total. The van der Waals surface area contributed by atoms with Gasteiger partial charge >= 0.3 is 6.03 Å². The maximum absolute atomic E-state index is 12.5. The number of aliphatic hydroxyl groups excluding tert-OH is 1. The molecule has 1 aliphatic rings. The van der Waals surface area contributed by atoms with Crippen molar-refractivity contribution in [1.29, 1.82) is 0 Å². The Morgan fingerprint density at radius 1 is 1.04 bits per heavy atom. The molecule has 2 aromatic carbocycles. The Labute approximate surface area is 162 Å². The fraction of sp³-hybridized carbons (Fsp3) is 0.190. The van der Waals surface area contributed by atoms with E-state index in [2.05, 4.69) is 27.8 Å². The van der Waals surface area contributed by atoms with Gasteiger partial charge in [-0.2, -0.15) is 0 Å². The second-order valence-electron chi connectivity index (χ2n) is 6.37. The summed E-state index contributed by atoms with van der Waals surface area (Å²) in [6.07, 6.45) is -1.05. The smallest absolute Gasteiger partial charge is 0.322 e. The van der Waals surface area contributed by atoms with E-state index in [0.29, 0.717) is 5.56 Å². The number of aliphatic hydroxyl groups is 1. The highest BCUT2D eigenvalue weighted by molar-refractivity contribution is 6.05. The van der Waals surface area contributed by atoms with E-state index in [1.807, 2.05) is 30.3 Å². The molecule has 0 radical (unpaired) electrons. The van der Waals surface area contributed by atoms with E-state index < -0.39 is 36.0 Å². The van der Waals surface area contributed by atoms with Gasteiger partial charge in [0.2, 0.25) is 0 Å². The predicted molar refractivity (Wildman–Crippen MR) is 102 cm³/mol. The predicted octanol–water partition coefficient (Wildman–Crippen LogP) is 0.774. The van der Waals surface area contributed by atoms with Crippen molar-refractivity contribution in [3.8, 4) is 11.8 Å². The van der Waals surface area contributed by atoms with Crippen LogP contribution in [0.5, 0.6) is 0 Å². The molecule has 0 aromatic heterocycles. The monoisotopic (exact) mass is 377 g/mol. The molecule has 142 valence electrons. The molecule has 0 saturated carbocycles. The molecule has 1 saturated heterocycles. The van der Waals surface area contributed by atoms with Gasteiger partial charge in [0.15, 0.2) is 0 Å². The van der Waals surface area contributed by atoms with Gasteiger partial charge in [-0.3, -0.25) is 14.9 Å². The molecule has 28 heavy (non-hydrogen) atoms. The van der Waals surface area contributed by atoms with Crippen molar-refractivity contribution in [2.24, 2.45) is 0 Å². The van der Waals surface area contributed by atoms with Crippen molar-refractivity contribution in [3.05, 3.63) is 71.3 Å².